The second-order valence-corrected chi connectivity index (χ2v) is 8.32. The van der Waals surface area contributed by atoms with Crippen LogP contribution in [0.25, 0.3) is 11.2 Å². The van der Waals surface area contributed by atoms with Gasteiger partial charge in [-0.05, 0) is 50.5 Å². The van der Waals surface area contributed by atoms with Crippen LogP contribution in [0.15, 0.2) is 38.6 Å². The molecule has 0 N–H and O–H groups in total. The summed E-state index contributed by atoms with van der Waals surface area (Å²) in [5, 5.41) is 0. The van der Waals surface area contributed by atoms with Crippen LogP contribution in [-0.4, -0.2) is 25.3 Å². The Balaban J connectivity index is 2.14. The van der Waals surface area contributed by atoms with Gasteiger partial charge < -0.3 is 9.09 Å². The van der Waals surface area contributed by atoms with Gasteiger partial charge in [-0.25, -0.2) is 9.78 Å². The molecule has 3 rings (SSSR count). The zero-order valence-electron chi connectivity index (χ0n) is 14.2. The van der Waals surface area contributed by atoms with Crippen molar-refractivity contribution in [2.45, 2.75) is 20.0 Å². The summed E-state index contributed by atoms with van der Waals surface area (Å²) in [6.45, 7) is 3.32. The normalized spacial score (nSPS) is 11.8. The first kappa shape index (κ1) is 19.7. The fourth-order valence-electron chi connectivity index (χ4n) is 2.74. The third kappa shape index (κ3) is 3.81. The van der Waals surface area contributed by atoms with Crippen LogP contribution in [0.2, 0.25) is 0 Å². The van der Waals surface area contributed by atoms with E-state index in [0.29, 0.717) is 29.0 Å². The quantitative estimate of drug-likeness (QED) is 0.205. The Bertz CT molecular complexity index is 1060. The van der Waals surface area contributed by atoms with Gasteiger partial charge in [0.05, 0.1) is 26.1 Å². The van der Waals surface area contributed by atoms with Crippen LogP contribution in [0.1, 0.15) is 11.1 Å². The number of fused-ring (bicyclic) bond motifs is 1. The summed E-state index contributed by atoms with van der Waals surface area (Å²) in [7, 11) is 1.62. The van der Waals surface area contributed by atoms with E-state index < -0.39 is 5.69 Å². The Morgan fingerprint density at radius 2 is 1.92 bits per heavy atom. The van der Waals surface area contributed by atoms with Crippen LogP contribution < -0.4 is 11.2 Å². The van der Waals surface area contributed by atoms with Crippen LogP contribution in [0.3, 0.4) is 0 Å². The van der Waals surface area contributed by atoms with E-state index in [1.54, 1.807) is 11.6 Å². The third-order valence-corrected chi connectivity index (χ3v) is 5.97. The topological polar surface area (TPSA) is 71.1 Å². The van der Waals surface area contributed by atoms with Gasteiger partial charge in [-0.15, -0.1) is 0 Å². The van der Waals surface area contributed by atoms with Gasteiger partial charge in [-0.2, -0.15) is 0 Å². The Morgan fingerprint density at radius 3 is 2.58 bits per heavy atom. The summed E-state index contributed by atoms with van der Waals surface area (Å²) in [5.41, 5.74) is 2.24. The van der Waals surface area contributed by atoms with Crippen molar-refractivity contribution < 1.29 is 4.52 Å². The molecule has 0 saturated heterocycles. The first-order valence-corrected chi connectivity index (χ1v) is 12.6. The van der Waals surface area contributed by atoms with E-state index in [-0.39, 0.29) is 18.6 Å². The summed E-state index contributed by atoms with van der Waals surface area (Å²) in [5.74, 6) is 0. The molecular weight excluding hydrogens is 534 g/mol. The highest BCUT2D eigenvalue weighted by atomic mass is 127. The number of aromatic nitrogens is 4. The molecule has 3 aromatic rings. The molecule has 0 radical (unpaired) electrons. The van der Waals surface area contributed by atoms with E-state index in [2.05, 4.69) is 43.0 Å². The van der Waals surface area contributed by atoms with Crippen molar-refractivity contribution in [1.29, 1.82) is 0 Å². The summed E-state index contributed by atoms with van der Waals surface area (Å²) in [6.07, 6.45) is 0. The lowest BCUT2D eigenvalue weighted by Crippen LogP contribution is -2.40. The molecule has 2 heterocycles. The van der Waals surface area contributed by atoms with Gasteiger partial charge in [0.25, 0.3) is 5.56 Å². The first-order valence-electron chi connectivity index (χ1n) is 7.82. The summed E-state index contributed by atoms with van der Waals surface area (Å²) in [6, 6.07) is 8.09. The molecule has 0 saturated carbocycles. The maximum Gasteiger partial charge on any atom is 0.332 e. The molecular formula is C16H17BrIN4O3P. The second-order valence-electron chi connectivity index (χ2n) is 5.85. The predicted molar refractivity (Wildman–Crippen MR) is 116 cm³/mol. The molecule has 1 aromatic carbocycles. The molecule has 1 atom stereocenters. The Labute approximate surface area is 172 Å². The van der Waals surface area contributed by atoms with Crippen molar-refractivity contribution in [3.8, 4) is 0 Å². The third-order valence-electron chi connectivity index (χ3n) is 4.12. The van der Waals surface area contributed by atoms with Crippen molar-refractivity contribution >= 4 is 55.6 Å². The minimum Gasteiger partial charge on any atom is -0.350 e. The van der Waals surface area contributed by atoms with Gasteiger partial charge in [0.15, 0.2) is 15.9 Å². The van der Waals surface area contributed by atoms with Gasteiger partial charge >= 0.3 is 5.69 Å². The molecule has 7 nitrogen and oxygen atoms in total. The molecule has 0 aliphatic carbocycles. The van der Waals surface area contributed by atoms with Gasteiger partial charge in [0.1, 0.15) is 0 Å². The number of halogens is 2. The SMILES string of the molecule is Cc1ccc(Cn2c(Br)nc3c2c(=O)n(CCOPI)c(=O)n3C)cc1. The number of hydrogen-bond donors (Lipinski definition) is 0. The maximum atomic E-state index is 13.0. The van der Waals surface area contributed by atoms with Gasteiger partial charge in [-0.3, -0.25) is 13.9 Å². The molecule has 1 unspecified atom stereocenters. The molecule has 2 aromatic heterocycles. The van der Waals surface area contributed by atoms with Gasteiger partial charge in [0.2, 0.25) is 0 Å². The predicted octanol–water partition coefficient (Wildman–Crippen LogP) is 2.98. The Morgan fingerprint density at radius 1 is 1.23 bits per heavy atom. The van der Waals surface area contributed by atoms with Crippen molar-refractivity contribution in [2.24, 2.45) is 7.05 Å². The average Bonchev–Trinajstić information content (AvgIpc) is 2.95. The van der Waals surface area contributed by atoms with Gasteiger partial charge in [-0.1, -0.05) is 29.8 Å². The van der Waals surface area contributed by atoms with Crippen LogP contribution >= 0.6 is 44.4 Å². The van der Waals surface area contributed by atoms with Crippen LogP contribution in [0.4, 0.5) is 0 Å². The molecule has 0 bridgehead atoms. The van der Waals surface area contributed by atoms with E-state index in [0.717, 1.165) is 5.56 Å². The fourth-order valence-corrected chi connectivity index (χ4v) is 4.04. The molecule has 0 fully saturated rings. The van der Waals surface area contributed by atoms with Crippen molar-refractivity contribution in [2.75, 3.05) is 6.61 Å². The number of imidazole rings is 1. The average molecular weight is 551 g/mol. The molecule has 0 aliphatic rings. The van der Waals surface area contributed by atoms with Crippen LogP contribution in [-0.2, 0) is 24.7 Å². The van der Waals surface area contributed by atoms with E-state index in [1.807, 2.05) is 31.2 Å². The van der Waals surface area contributed by atoms with Crippen LogP contribution in [0.5, 0.6) is 0 Å². The monoisotopic (exact) mass is 550 g/mol. The number of benzene rings is 1. The molecule has 10 heteroatoms. The van der Waals surface area contributed by atoms with Crippen molar-refractivity contribution in [1.82, 2.24) is 18.7 Å². The summed E-state index contributed by atoms with van der Waals surface area (Å²) >= 11 is 5.53. The molecule has 138 valence electrons. The molecule has 26 heavy (non-hydrogen) atoms. The van der Waals surface area contributed by atoms with E-state index in [4.69, 9.17) is 4.52 Å². The highest BCUT2D eigenvalue weighted by Gasteiger charge is 2.19. The Hall–Kier alpha value is -1.03. The van der Waals surface area contributed by atoms with Crippen molar-refractivity contribution in [3.63, 3.8) is 0 Å². The maximum absolute atomic E-state index is 13.0. The summed E-state index contributed by atoms with van der Waals surface area (Å²) in [4.78, 5) is 29.9. The Kier molecular flexibility index (Phi) is 6.32. The molecule has 0 spiro atoms. The lowest BCUT2D eigenvalue weighted by Gasteiger charge is -2.10. The van der Waals surface area contributed by atoms with Crippen LogP contribution in [0, 0.1) is 6.92 Å². The summed E-state index contributed by atoms with van der Waals surface area (Å²) < 4.78 is 10.2. The molecule has 0 amide bonds. The minimum absolute atomic E-state index is 0.213. The zero-order valence-corrected chi connectivity index (χ0v) is 18.9. The van der Waals surface area contributed by atoms with E-state index in [1.165, 1.54) is 14.7 Å². The highest BCUT2D eigenvalue weighted by Crippen LogP contribution is 2.21. The number of hydrogen-bond acceptors (Lipinski definition) is 4. The fraction of sp³-hybridized carbons (Fsp3) is 0.312. The lowest BCUT2D eigenvalue weighted by molar-refractivity contribution is 0.337. The van der Waals surface area contributed by atoms with Gasteiger partial charge in [0, 0.05) is 7.05 Å². The molecule has 0 aliphatic heterocycles. The number of nitrogens with zero attached hydrogens (tertiary/aromatic N) is 4. The lowest BCUT2D eigenvalue weighted by atomic mass is 10.1. The highest BCUT2D eigenvalue weighted by molar-refractivity contribution is 14.2. The first-order chi connectivity index (χ1) is 12.4. The largest absolute Gasteiger partial charge is 0.350 e. The van der Waals surface area contributed by atoms with E-state index >= 15 is 0 Å². The number of aryl methyl sites for hydroxylation is 2. The second kappa shape index (κ2) is 8.33. The minimum atomic E-state index is -0.393. The zero-order chi connectivity index (χ0) is 18.8. The smallest absolute Gasteiger partial charge is 0.332 e. The standard InChI is InChI=1S/C16H17BrIN4O3P/c1-10-3-5-11(6-4-10)9-22-12-13(19-15(22)17)20(2)16(24)21(14(12)23)7-8-25-26-18/h3-6,26H,7-9H2,1-2H3. The number of rotatable bonds is 6. The van der Waals surface area contributed by atoms with Crippen molar-refractivity contribution in [3.05, 3.63) is 61.0 Å². The van der Waals surface area contributed by atoms with E-state index in [9.17, 15) is 9.59 Å².